The maximum atomic E-state index is 6.92. The molecule has 0 fully saturated rings. The molecule has 0 atom stereocenters. The predicted octanol–water partition coefficient (Wildman–Crippen LogP) is 13.8. The summed E-state index contributed by atoms with van der Waals surface area (Å²) in [6.07, 6.45) is 0. The molecule has 8 aromatic carbocycles. The van der Waals surface area contributed by atoms with Gasteiger partial charge in [-0.05, 0) is 63.7 Å². The SMILES string of the molecule is CC1(C)c2ccccc2-c2c(-c3nc(-c4ccccc4)nc(-c4cccc5oc6c(-n7c8ccccc8c8cc(-c9ccccc9)ccc87)cccc6c45)n3)cccc21. The molecular weight excluding hydrogens is 721 g/mol. The Hall–Kier alpha value is -7.63. The molecule has 59 heavy (non-hydrogen) atoms. The summed E-state index contributed by atoms with van der Waals surface area (Å²) in [6, 6.07) is 64.0. The van der Waals surface area contributed by atoms with Gasteiger partial charge < -0.3 is 8.98 Å². The maximum Gasteiger partial charge on any atom is 0.164 e. The van der Waals surface area contributed by atoms with Gasteiger partial charge in [0.05, 0.1) is 16.7 Å². The van der Waals surface area contributed by atoms with Crippen LogP contribution in [0.2, 0.25) is 0 Å². The minimum atomic E-state index is -0.153. The lowest BCUT2D eigenvalue weighted by molar-refractivity contribution is 0.660. The molecule has 11 aromatic rings. The van der Waals surface area contributed by atoms with E-state index in [-0.39, 0.29) is 5.41 Å². The van der Waals surface area contributed by atoms with Gasteiger partial charge in [0.1, 0.15) is 5.58 Å². The van der Waals surface area contributed by atoms with Crippen LogP contribution < -0.4 is 0 Å². The monoisotopic (exact) mass is 756 g/mol. The Morgan fingerprint density at radius 3 is 1.90 bits per heavy atom. The Morgan fingerprint density at radius 1 is 0.441 bits per heavy atom. The quantitative estimate of drug-likeness (QED) is 0.175. The molecule has 278 valence electrons. The summed E-state index contributed by atoms with van der Waals surface area (Å²) in [6.45, 7) is 4.60. The van der Waals surface area contributed by atoms with Crippen LogP contribution in [-0.2, 0) is 5.41 Å². The standard InChI is InChI=1S/C54H36N4O/c1-54(2)42-25-11-9-21-37(42)48-39(23-13-26-43(48)54)52-55-51(34-18-7-4-8-19-34)56-53(57-52)40-24-15-29-47-49(40)38-22-14-28-46(50(38)59-47)58-44-27-12-10-20-36(44)41-32-35(30-31-45(41)58)33-16-5-3-6-17-33/h3-32H,1-2H3. The van der Waals surface area contributed by atoms with Gasteiger partial charge in [0.2, 0.25) is 0 Å². The molecule has 5 heteroatoms. The average molecular weight is 757 g/mol. The average Bonchev–Trinajstić information content (AvgIpc) is 3.92. The molecule has 0 aliphatic heterocycles. The van der Waals surface area contributed by atoms with E-state index in [1.54, 1.807) is 0 Å². The van der Waals surface area contributed by atoms with Crippen LogP contribution in [0.1, 0.15) is 25.0 Å². The third kappa shape index (κ3) is 5.01. The summed E-state index contributed by atoms with van der Waals surface area (Å²) in [5.74, 6) is 1.87. The molecule has 5 nitrogen and oxygen atoms in total. The van der Waals surface area contributed by atoms with E-state index in [9.17, 15) is 0 Å². The third-order valence-corrected chi connectivity index (χ3v) is 12.3. The highest BCUT2D eigenvalue weighted by atomic mass is 16.3. The number of benzene rings is 8. The first-order valence-electron chi connectivity index (χ1n) is 20.1. The zero-order valence-electron chi connectivity index (χ0n) is 32.5. The van der Waals surface area contributed by atoms with Gasteiger partial charge in [0.15, 0.2) is 23.1 Å². The van der Waals surface area contributed by atoms with E-state index < -0.39 is 0 Å². The second kappa shape index (κ2) is 12.7. The molecular formula is C54H36N4O. The lowest BCUT2D eigenvalue weighted by atomic mass is 9.82. The first-order chi connectivity index (χ1) is 29.0. The van der Waals surface area contributed by atoms with Crippen molar-refractivity contribution < 1.29 is 4.42 Å². The van der Waals surface area contributed by atoms with Crippen molar-refractivity contribution in [1.82, 2.24) is 19.5 Å². The Kier molecular flexibility index (Phi) is 7.20. The van der Waals surface area contributed by atoms with Crippen molar-refractivity contribution in [2.24, 2.45) is 0 Å². The molecule has 0 bridgehead atoms. The van der Waals surface area contributed by atoms with Gasteiger partial charge in [0.25, 0.3) is 0 Å². The number of aromatic nitrogens is 4. The predicted molar refractivity (Wildman–Crippen MR) is 241 cm³/mol. The number of nitrogens with zero attached hydrogens (tertiary/aromatic N) is 4. The zero-order valence-corrected chi connectivity index (χ0v) is 32.5. The highest BCUT2D eigenvalue weighted by Gasteiger charge is 2.37. The van der Waals surface area contributed by atoms with Crippen LogP contribution in [0.25, 0.3) is 106 Å². The minimum absolute atomic E-state index is 0.153. The molecule has 0 unspecified atom stereocenters. The number of fused-ring (bicyclic) bond motifs is 9. The van der Waals surface area contributed by atoms with Crippen molar-refractivity contribution in [2.45, 2.75) is 19.3 Å². The van der Waals surface area contributed by atoms with Crippen molar-refractivity contribution in [3.63, 3.8) is 0 Å². The fourth-order valence-electron chi connectivity index (χ4n) is 9.51. The molecule has 1 aliphatic rings. The van der Waals surface area contributed by atoms with Crippen LogP contribution in [0.15, 0.2) is 186 Å². The lowest BCUT2D eigenvalue weighted by Crippen LogP contribution is -2.14. The molecule has 0 spiro atoms. The van der Waals surface area contributed by atoms with Crippen molar-refractivity contribution in [3.8, 4) is 62.1 Å². The second-order valence-corrected chi connectivity index (χ2v) is 16.0. The maximum absolute atomic E-state index is 6.92. The Morgan fingerprint density at radius 2 is 1.05 bits per heavy atom. The zero-order chi connectivity index (χ0) is 39.2. The van der Waals surface area contributed by atoms with Crippen molar-refractivity contribution >= 4 is 43.7 Å². The van der Waals surface area contributed by atoms with Crippen LogP contribution in [0.3, 0.4) is 0 Å². The summed E-state index contributed by atoms with van der Waals surface area (Å²) in [5, 5.41) is 4.36. The number of rotatable bonds is 5. The van der Waals surface area contributed by atoms with Gasteiger partial charge >= 0.3 is 0 Å². The van der Waals surface area contributed by atoms with Crippen LogP contribution in [-0.4, -0.2) is 19.5 Å². The molecule has 0 saturated heterocycles. The van der Waals surface area contributed by atoms with E-state index in [0.29, 0.717) is 17.5 Å². The summed E-state index contributed by atoms with van der Waals surface area (Å²) < 4.78 is 9.26. The highest BCUT2D eigenvalue weighted by molar-refractivity contribution is 6.16. The van der Waals surface area contributed by atoms with E-state index in [2.05, 4.69) is 170 Å². The molecule has 0 radical (unpaired) electrons. The summed E-state index contributed by atoms with van der Waals surface area (Å²) >= 11 is 0. The largest absolute Gasteiger partial charge is 0.454 e. The van der Waals surface area contributed by atoms with Crippen molar-refractivity contribution in [1.29, 1.82) is 0 Å². The molecule has 0 saturated carbocycles. The van der Waals surface area contributed by atoms with Gasteiger partial charge in [-0.25, -0.2) is 15.0 Å². The van der Waals surface area contributed by atoms with E-state index in [1.807, 2.05) is 30.3 Å². The van der Waals surface area contributed by atoms with Gasteiger partial charge in [-0.2, -0.15) is 0 Å². The first kappa shape index (κ1) is 33.5. The van der Waals surface area contributed by atoms with Crippen LogP contribution in [0, 0.1) is 0 Å². The van der Waals surface area contributed by atoms with Gasteiger partial charge in [0, 0.05) is 43.7 Å². The summed E-state index contributed by atoms with van der Waals surface area (Å²) in [4.78, 5) is 15.8. The van der Waals surface area contributed by atoms with Crippen LogP contribution >= 0.6 is 0 Å². The highest BCUT2D eigenvalue weighted by Crippen LogP contribution is 2.52. The normalized spacial score (nSPS) is 13.1. The van der Waals surface area contributed by atoms with E-state index in [0.717, 1.165) is 55.3 Å². The van der Waals surface area contributed by atoms with E-state index in [1.165, 1.54) is 44.2 Å². The van der Waals surface area contributed by atoms with E-state index in [4.69, 9.17) is 19.4 Å². The molecule has 3 heterocycles. The number of hydrogen-bond acceptors (Lipinski definition) is 4. The first-order valence-corrected chi connectivity index (χ1v) is 20.1. The van der Waals surface area contributed by atoms with Crippen molar-refractivity contribution in [2.75, 3.05) is 0 Å². The Labute approximate surface area is 340 Å². The van der Waals surface area contributed by atoms with Crippen LogP contribution in [0.5, 0.6) is 0 Å². The van der Waals surface area contributed by atoms with Gasteiger partial charge in [-0.3, -0.25) is 0 Å². The molecule has 0 N–H and O–H groups in total. The number of hydrogen-bond donors (Lipinski definition) is 0. The Balaban J connectivity index is 1.09. The molecule has 0 amide bonds. The molecule has 1 aliphatic carbocycles. The molecule has 3 aromatic heterocycles. The smallest absolute Gasteiger partial charge is 0.164 e. The van der Waals surface area contributed by atoms with Crippen LogP contribution in [0.4, 0.5) is 0 Å². The van der Waals surface area contributed by atoms with Gasteiger partial charge in [-0.15, -0.1) is 0 Å². The number of para-hydroxylation sites is 2. The van der Waals surface area contributed by atoms with E-state index >= 15 is 0 Å². The summed E-state index contributed by atoms with van der Waals surface area (Å²) in [5.41, 5.74) is 14.8. The molecule has 12 rings (SSSR count). The second-order valence-electron chi connectivity index (χ2n) is 16.0. The fourth-order valence-corrected chi connectivity index (χ4v) is 9.51. The fraction of sp³-hybridized carbons (Fsp3) is 0.0556. The van der Waals surface area contributed by atoms with Gasteiger partial charge in [-0.1, -0.05) is 166 Å². The Bertz CT molecular complexity index is 3470. The minimum Gasteiger partial charge on any atom is -0.454 e. The topological polar surface area (TPSA) is 56.7 Å². The lowest BCUT2D eigenvalue weighted by Gasteiger charge is -2.21. The number of furan rings is 1. The van der Waals surface area contributed by atoms with Crippen molar-refractivity contribution in [3.05, 3.63) is 193 Å². The third-order valence-electron chi connectivity index (χ3n) is 12.3. The summed E-state index contributed by atoms with van der Waals surface area (Å²) in [7, 11) is 0.